The van der Waals surface area contributed by atoms with Crippen molar-refractivity contribution in [3.8, 4) is 0 Å². The third-order valence-corrected chi connectivity index (χ3v) is 4.27. The van der Waals surface area contributed by atoms with Crippen LogP contribution in [0.5, 0.6) is 0 Å². The molecule has 1 atom stereocenters. The first kappa shape index (κ1) is 24.0. The van der Waals surface area contributed by atoms with Crippen molar-refractivity contribution in [1.82, 2.24) is 10.6 Å². The summed E-state index contributed by atoms with van der Waals surface area (Å²) in [5.74, 6) is 0.884. The van der Waals surface area contributed by atoms with Crippen LogP contribution in [0.2, 0.25) is 0 Å². The van der Waals surface area contributed by atoms with E-state index in [-0.39, 0.29) is 41.7 Å². The van der Waals surface area contributed by atoms with Gasteiger partial charge in [-0.1, -0.05) is 6.92 Å². The van der Waals surface area contributed by atoms with Gasteiger partial charge < -0.3 is 15.4 Å². The molecule has 0 heterocycles. The lowest BCUT2D eigenvalue weighted by atomic mass is 10.2. The van der Waals surface area contributed by atoms with Crippen molar-refractivity contribution in [2.75, 3.05) is 32.5 Å². The number of halogens is 2. The van der Waals surface area contributed by atoms with Gasteiger partial charge in [0.1, 0.15) is 5.82 Å². The number of thioether (sulfide) groups is 1. The second-order valence-corrected chi connectivity index (χ2v) is 6.39. The molecule has 0 aliphatic heterocycles. The van der Waals surface area contributed by atoms with Crippen LogP contribution in [0.4, 0.5) is 4.39 Å². The molecule has 0 amide bonds. The largest absolute Gasteiger partial charge is 0.469 e. The quantitative estimate of drug-likeness (QED) is 0.141. The SMILES string of the molecule is CCNC(=NCC(C)C(=O)OC)NCCCSc1ccc(F)cc1.I. The van der Waals surface area contributed by atoms with Crippen LogP contribution in [0.1, 0.15) is 20.3 Å². The fourth-order valence-electron chi connectivity index (χ4n) is 1.85. The number of hydrogen-bond donors (Lipinski definition) is 2. The van der Waals surface area contributed by atoms with Gasteiger partial charge in [0.25, 0.3) is 0 Å². The van der Waals surface area contributed by atoms with Crippen molar-refractivity contribution in [2.24, 2.45) is 10.9 Å². The molecule has 0 radical (unpaired) electrons. The van der Waals surface area contributed by atoms with E-state index in [0.717, 1.165) is 30.2 Å². The van der Waals surface area contributed by atoms with Crippen LogP contribution in [0.25, 0.3) is 0 Å². The first-order chi connectivity index (χ1) is 11.6. The van der Waals surface area contributed by atoms with E-state index in [9.17, 15) is 9.18 Å². The third-order valence-electron chi connectivity index (χ3n) is 3.17. The Hall–Kier alpha value is -1.03. The number of guanidine groups is 1. The van der Waals surface area contributed by atoms with E-state index < -0.39 is 0 Å². The molecule has 1 unspecified atom stereocenters. The van der Waals surface area contributed by atoms with Gasteiger partial charge in [0.05, 0.1) is 19.6 Å². The molecular formula is C17H27FIN3O2S. The molecule has 25 heavy (non-hydrogen) atoms. The Morgan fingerprint density at radius 1 is 1.32 bits per heavy atom. The van der Waals surface area contributed by atoms with Gasteiger partial charge >= 0.3 is 5.97 Å². The van der Waals surface area contributed by atoms with E-state index in [1.165, 1.54) is 19.2 Å². The molecule has 0 fully saturated rings. The van der Waals surface area contributed by atoms with Crippen molar-refractivity contribution < 1.29 is 13.9 Å². The molecule has 1 aromatic rings. The van der Waals surface area contributed by atoms with Crippen molar-refractivity contribution in [1.29, 1.82) is 0 Å². The summed E-state index contributed by atoms with van der Waals surface area (Å²) in [5.41, 5.74) is 0. The summed E-state index contributed by atoms with van der Waals surface area (Å²) in [6.45, 7) is 5.69. The summed E-state index contributed by atoms with van der Waals surface area (Å²) in [6.07, 6.45) is 0.943. The minimum atomic E-state index is -0.264. The zero-order valence-electron chi connectivity index (χ0n) is 14.9. The molecule has 142 valence electrons. The Balaban J connectivity index is 0.00000576. The monoisotopic (exact) mass is 483 g/mol. The average Bonchev–Trinajstić information content (AvgIpc) is 2.59. The maximum absolute atomic E-state index is 12.8. The molecule has 0 aromatic heterocycles. The van der Waals surface area contributed by atoms with Gasteiger partial charge in [-0.25, -0.2) is 4.39 Å². The fourth-order valence-corrected chi connectivity index (χ4v) is 2.70. The van der Waals surface area contributed by atoms with Crippen LogP contribution in [-0.4, -0.2) is 44.4 Å². The van der Waals surface area contributed by atoms with E-state index in [1.807, 2.05) is 6.92 Å². The van der Waals surface area contributed by atoms with Crippen LogP contribution in [0, 0.1) is 11.7 Å². The molecule has 0 aliphatic rings. The summed E-state index contributed by atoms with van der Waals surface area (Å²) in [4.78, 5) is 16.8. The summed E-state index contributed by atoms with van der Waals surface area (Å²) < 4.78 is 17.5. The zero-order valence-corrected chi connectivity index (χ0v) is 18.0. The lowest BCUT2D eigenvalue weighted by molar-refractivity contribution is -0.144. The standard InChI is InChI=1S/C17H26FN3O2S.HI/c1-4-19-17(21-12-13(2)16(22)23-3)20-10-5-11-24-15-8-6-14(18)7-9-15;/h6-9,13H,4-5,10-12H2,1-3H3,(H2,19,20,21);1H. The van der Waals surface area contributed by atoms with Crippen molar-refractivity contribution in [3.05, 3.63) is 30.1 Å². The van der Waals surface area contributed by atoms with Gasteiger partial charge in [-0.3, -0.25) is 9.79 Å². The summed E-state index contributed by atoms with van der Waals surface area (Å²) in [6, 6.07) is 6.51. The molecule has 5 nitrogen and oxygen atoms in total. The van der Waals surface area contributed by atoms with Gasteiger partial charge in [-0.15, -0.1) is 35.7 Å². The van der Waals surface area contributed by atoms with E-state index >= 15 is 0 Å². The highest BCUT2D eigenvalue weighted by Gasteiger charge is 2.12. The minimum absolute atomic E-state index is 0. The number of carbonyl (C=O) groups is 1. The maximum Gasteiger partial charge on any atom is 0.310 e. The predicted molar refractivity (Wildman–Crippen MR) is 112 cm³/mol. The molecule has 0 aliphatic carbocycles. The third kappa shape index (κ3) is 10.5. The molecule has 2 N–H and O–H groups in total. The number of rotatable bonds is 9. The Kier molecular flexibility index (Phi) is 13.6. The van der Waals surface area contributed by atoms with Gasteiger partial charge in [0.15, 0.2) is 5.96 Å². The maximum atomic E-state index is 12.8. The molecule has 8 heteroatoms. The number of carbonyl (C=O) groups excluding carboxylic acids is 1. The highest BCUT2D eigenvalue weighted by Crippen LogP contribution is 2.18. The minimum Gasteiger partial charge on any atom is -0.469 e. The molecule has 1 rings (SSSR count). The van der Waals surface area contributed by atoms with Gasteiger partial charge in [0, 0.05) is 18.0 Å². The first-order valence-electron chi connectivity index (χ1n) is 8.05. The first-order valence-corrected chi connectivity index (χ1v) is 9.03. The van der Waals surface area contributed by atoms with Crippen LogP contribution in [0.15, 0.2) is 34.2 Å². The van der Waals surface area contributed by atoms with Gasteiger partial charge in [-0.2, -0.15) is 0 Å². The lowest BCUT2D eigenvalue weighted by Crippen LogP contribution is -2.38. The lowest BCUT2D eigenvalue weighted by Gasteiger charge is -2.12. The molecule has 0 bridgehead atoms. The van der Waals surface area contributed by atoms with Gasteiger partial charge in [-0.05, 0) is 43.4 Å². The fraction of sp³-hybridized carbons (Fsp3) is 0.529. The number of esters is 1. The van der Waals surface area contributed by atoms with E-state index in [4.69, 9.17) is 4.74 Å². The normalized spacial score (nSPS) is 12.1. The summed E-state index contributed by atoms with van der Waals surface area (Å²) >= 11 is 1.69. The van der Waals surface area contributed by atoms with E-state index in [0.29, 0.717) is 12.5 Å². The van der Waals surface area contributed by atoms with Crippen molar-refractivity contribution in [2.45, 2.75) is 25.2 Å². The number of nitrogens with one attached hydrogen (secondary N) is 2. The second-order valence-electron chi connectivity index (χ2n) is 5.23. The van der Waals surface area contributed by atoms with Crippen LogP contribution in [-0.2, 0) is 9.53 Å². The highest BCUT2D eigenvalue weighted by atomic mass is 127. The summed E-state index contributed by atoms with van der Waals surface area (Å²) in [7, 11) is 1.38. The molecule has 0 spiro atoms. The Morgan fingerprint density at radius 2 is 2.00 bits per heavy atom. The molecule has 0 saturated carbocycles. The molecule has 0 saturated heterocycles. The van der Waals surface area contributed by atoms with Crippen LogP contribution in [0.3, 0.4) is 0 Å². The zero-order chi connectivity index (χ0) is 17.8. The summed E-state index contributed by atoms with van der Waals surface area (Å²) in [5, 5.41) is 6.39. The Morgan fingerprint density at radius 3 is 2.60 bits per heavy atom. The molecular weight excluding hydrogens is 456 g/mol. The van der Waals surface area contributed by atoms with Crippen LogP contribution < -0.4 is 10.6 Å². The topological polar surface area (TPSA) is 62.7 Å². The molecule has 1 aromatic carbocycles. The van der Waals surface area contributed by atoms with Crippen LogP contribution >= 0.6 is 35.7 Å². The number of aliphatic imine (C=N–C) groups is 1. The number of benzene rings is 1. The smallest absolute Gasteiger partial charge is 0.310 e. The Labute approximate surface area is 170 Å². The van der Waals surface area contributed by atoms with E-state index in [1.54, 1.807) is 30.8 Å². The number of ether oxygens (including phenoxy) is 1. The van der Waals surface area contributed by atoms with Gasteiger partial charge in [0.2, 0.25) is 0 Å². The van der Waals surface area contributed by atoms with Crippen molar-refractivity contribution >= 4 is 47.7 Å². The Bertz CT molecular complexity index is 529. The number of methoxy groups -OCH3 is 1. The second kappa shape index (κ2) is 14.2. The average molecular weight is 483 g/mol. The van der Waals surface area contributed by atoms with E-state index in [2.05, 4.69) is 15.6 Å². The highest BCUT2D eigenvalue weighted by molar-refractivity contribution is 14.0. The number of hydrogen-bond acceptors (Lipinski definition) is 4. The number of nitrogens with zero attached hydrogens (tertiary/aromatic N) is 1. The predicted octanol–water partition coefficient (Wildman–Crippen LogP) is 3.29. The van der Waals surface area contributed by atoms with Crippen molar-refractivity contribution in [3.63, 3.8) is 0 Å².